The summed E-state index contributed by atoms with van der Waals surface area (Å²) in [4.78, 5) is 15.7. The first kappa shape index (κ1) is 28.2. The van der Waals surface area contributed by atoms with Gasteiger partial charge in [0, 0.05) is 36.2 Å². The van der Waals surface area contributed by atoms with Gasteiger partial charge in [-0.15, -0.1) is 0 Å². The molecule has 3 aliphatic heterocycles. The average molecular weight is 611 g/mol. The average Bonchev–Trinajstić information content (AvgIpc) is 3.10. The van der Waals surface area contributed by atoms with Crippen LogP contribution >= 0.6 is 11.6 Å². The summed E-state index contributed by atoms with van der Waals surface area (Å²) in [5.41, 5.74) is 4.84. The zero-order chi connectivity index (χ0) is 29.1. The van der Waals surface area contributed by atoms with Gasteiger partial charge in [0.15, 0.2) is 0 Å². The number of fused-ring (bicyclic) bond motifs is 7. The van der Waals surface area contributed by atoms with E-state index in [0.29, 0.717) is 30.4 Å². The number of nitrogens with zero attached hydrogens (tertiary/aromatic N) is 1. The lowest BCUT2D eigenvalue weighted by Crippen LogP contribution is -2.50. The van der Waals surface area contributed by atoms with Crippen molar-refractivity contribution in [3.63, 3.8) is 0 Å². The standard InChI is InChI=1S/C33H39ClN2O5S/c1-40-31-22-6-4-21(5-7-22)18-42(38,39)35-32(37)24-9-13-30-29(16-24)36(17-25-8-11-27(25)31)19-33(20-41-30)14-2-3-23-15-26(34)10-12-28(23)33/h6,9-10,12-13,15-16,21,25,27,31H,2-5,7-8,11,14,17-20H2,1H3,(H,35,37)/t21?,25-,27+,31+,33-/m0/s1. The fourth-order valence-corrected chi connectivity index (χ4v) is 9.83. The zero-order valence-electron chi connectivity index (χ0n) is 24.1. The topological polar surface area (TPSA) is 84.9 Å². The van der Waals surface area contributed by atoms with Crippen LogP contribution in [0.5, 0.6) is 5.75 Å². The number of ether oxygens (including phenoxy) is 2. The van der Waals surface area contributed by atoms with E-state index in [4.69, 9.17) is 21.1 Å². The number of allylic oxidation sites excluding steroid dienone is 1. The van der Waals surface area contributed by atoms with Gasteiger partial charge in [0.25, 0.3) is 5.91 Å². The van der Waals surface area contributed by atoms with Crippen LogP contribution in [0.2, 0.25) is 5.02 Å². The third kappa shape index (κ3) is 5.13. The van der Waals surface area contributed by atoms with Crippen molar-refractivity contribution in [2.24, 2.45) is 17.8 Å². The Morgan fingerprint density at radius 2 is 2.00 bits per heavy atom. The second kappa shape index (κ2) is 10.9. The van der Waals surface area contributed by atoms with Crippen LogP contribution in [-0.2, 0) is 26.6 Å². The summed E-state index contributed by atoms with van der Waals surface area (Å²) in [6.45, 7) is 2.11. The number of carbonyl (C=O) groups is 1. The predicted octanol–water partition coefficient (Wildman–Crippen LogP) is 5.65. The first-order valence-corrected chi connectivity index (χ1v) is 17.3. The number of anilines is 1. The van der Waals surface area contributed by atoms with E-state index in [9.17, 15) is 13.2 Å². The van der Waals surface area contributed by atoms with Crippen LogP contribution in [0.15, 0.2) is 48.0 Å². The van der Waals surface area contributed by atoms with E-state index in [-0.39, 0.29) is 23.2 Å². The molecule has 0 saturated heterocycles. The number of methoxy groups -OCH3 is 1. The van der Waals surface area contributed by atoms with Gasteiger partial charge in [-0.05, 0) is 116 Å². The minimum atomic E-state index is -3.79. The molecule has 8 rings (SSSR count). The number of benzene rings is 2. The van der Waals surface area contributed by atoms with Crippen LogP contribution in [0.25, 0.3) is 0 Å². The minimum absolute atomic E-state index is 0.0120. The summed E-state index contributed by atoms with van der Waals surface area (Å²) in [6, 6.07) is 11.6. The number of hydrogen-bond donors (Lipinski definition) is 1. The Bertz CT molecular complexity index is 1540. The van der Waals surface area contributed by atoms with Gasteiger partial charge in [0.1, 0.15) is 5.75 Å². The number of halogens is 1. The third-order valence-electron chi connectivity index (χ3n) is 10.5. The number of rotatable bonds is 1. The number of amides is 1. The highest BCUT2D eigenvalue weighted by Crippen LogP contribution is 2.48. The molecule has 6 aliphatic rings. The summed E-state index contributed by atoms with van der Waals surface area (Å²) < 4.78 is 41.2. The molecule has 1 saturated carbocycles. The Hall–Kier alpha value is -2.55. The monoisotopic (exact) mass is 610 g/mol. The Morgan fingerprint density at radius 1 is 1.12 bits per heavy atom. The van der Waals surface area contributed by atoms with Crippen LogP contribution in [0.3, 0.4) is 0 Å². The highest BCUT2D eigenvalue weighted by molar-refractivity contribution is 7.90. The maximum Gasteiger partial charge on any atom is 0.264 e. The molecule has 1 fully saturated rings. The molecule has 224 valence electrons. The lowest BCUT2D eigenvalue weighted by molar-refractivity contribution is 0.00323. The normalized spacial score (nSPS) is 32.0. The molecule has 2 aromatic rings. The van der Waals surface area contributed by atoms with Gasteiger partial charge in [0.05, 0.1) is 24.2 Å². The smallest absolute Gasteiger partial charge is 0.264 e. The molecule has 9 heteroatoms. The molecule has 5 atom stereocenters. The van der Waals surface area contributed by atoms with Crippen molar-refractivity contribution in [2.45, 2.75) is 62.9 Å². The van der Waals surface area contributed by atoms with Gasteiger partial charge in [-0.3, -0.25) is 4.79 Å². The predicted molar refractivity (Wildman–Crippen MR) is 164 cm³/mol. The highest BCUT2D eigenvalue weighted by atomic mass is 35.5. The van der Waals surface area contributed by atoms with E-state index in [0.717, 1.165) is 74.5 Å². The summed E-state index contributed by atoms with van der Waals surface area (Å²) in [5, 5.41) is 0.755. The van der Waals surface area contributed by atoms with E-state index in [2.05, 4.69) is 27.8 Å². The third-order valence-corrected chi connectivity index (χ3v) is 12.1. The number of carbonyl (C=O) groups excluding carboxylic acids is 1. The fourth-order valence-electron chi connectivity index (χ4n) is 8.23. The number of hydrogen-bond acceptors (Lipinski definition) is 6. The molecule has 4 bridgehead atoms. The molecule has 2 aromatic carbocycles. The van der Waals surface area contributed by atoms with E-state index in [1.165, 1.54) is 16.7 Å². The van der Waals surface area contributed by atoms with Crippen molar-refractivity contribution in [2.75, 3.05) is 37.5 Å². The van der Waals surface area contributed by atoms with Crippen molar-refractivity contribution in [3.05, 3.63) is 69.8 Å². The van der Waals surface area contributed by atoms with Crippen LogP contribution in [0.1, 0.15) is 66.4 Å². The first-order chi connectivity index (χ1) is 20.2. The SMILES string of the molecule is CO[C@@H]1C2=CCC(CC2)CS(=O)(=O)NC(=O)c2ccc3c(c2)N(C[C@@H]2CC[C@H]21)C[C@@]1(CCCc2cc(Cl)ccc21)CO3. The maximum absolute atomic E-state index is 13.3. The number of sulfonamides is 1. The van der Waals surface area contributed by atoms with Gasteiger partial charge < -0.3 is 14.4 Å². The van der Waals surface area contributed by atoms with Crippen LogP contribution < -0.4 is 14.4 Å². The molecule has 1 unspecified atom stereocenters. The van der Waals surface area contributed by atoms with E-state index >= 15 is 0 Å². The Labute approximate surface area is 253 Å². The number of aryl methyl sites for hydroxylation is 1. The first-order valence-electron chi connectivity index (χ1n) is 15.3. The van der Waals surface area contributed by atoms with E-state index in [1.807, 2.05) is 25.3 Å². The minimum Gasteiger partial charge on any atom is -0.490 e. The van der Waals surface area contributed by atoms with Gasteiger partial charge in [-0.1, -0.05) is 23.7 Å². The van der Waals surface area contributed by atoms with Gasteiger partial charge >= 0.3 is 0 Å². The quantitative estimate of drug-likeness (QED) is 0.420. The number of nitrogens with one attached hydrogen (secondary N) is 1. The van der Waals surface area contributed by atoms with Gasteiger partial charge in [-0.2, -0.15) is 0 Å². The second-order valence-corrected chi connectivity index (χ2v) is 15.3. The zero-order valence-corrected chi connectivity index (χ0v) is 25.7. The largest absolute Gasteiger partial charge is 0.490 e. The Kier molecular flexibility index (Phi) is 7.30. The molecule has 42 heavy (non-hydrogen) atoms. The van der Waals surface area contributed by atoms with E-state index < -0.39 is 15.9 Å². The molecule has 0 radical (unpaired) electrons. The molecule has 1 amide bonds. The molecule has 1 N–H and O–H groups in total. The molecule has 7 nitrogen and oxygen atoms in total. The molecule has 0 aromatic heterocycles. The van der Waals surface area contributed by atoms with Crippen molar-refractivity contribution in [3.8, 4) is 5.75 Å². The molecule has 3 aliphatic carbocycles. The summed E-state index contributed by atoms with van der Waals surface area (Å²) in [6.07, 6.45) is 9.87. The van der Waals surface area contributed by atoms with Crippen LogP contribution in [0, 0.1) is 17.8 Å². The second-order valence-electron chi connectivity index (χ2n) is 13.1. The van der Waals surface area contributed by atoms with Crippen molar-refractivity contribution in [1.29, 1.82) is 0 Å². The maximum atomic E-state index is 13.3. The fraction of sp³-hybridized carbons (Fsp3) is 0.545. The van der Waals surface area contributed by atoms with Crippen LogP contribution in [-0.4, -0.2) is 53.0 Å². The molecule has 3 heterocycles. The lowest BCUT2D eigenvalue weighted by atomic mass is 9.66. The summed E-state index contributed by atoms with van der Waals surface area (Å²) in [5.74, 6) is 0.918. The van der Waals surface area contributed by atoms with Crippen LogP contribution in [0.4, 0.5) is 5.69 Å². The Balaban J connectivity index is 1.31. The van der Waals surface area contributed by atoms with Crippen molar-refractivity contribution >= 4 is 33.2 Å². The van der Waals surface area contributed by atoms with Crippen molar-refractivity contribution in [1.82, 2.24) is 4.72 Å². The lowest BCUT2D eigenvalue weighted by Gasteiger charge is -2.47. The highest BCUT2D eigenvalue weighted by Gasteiger charge is 2.45. The summed E-state index contributed by atoms with van der Waals surface area (Å²) in [7, 11) is -1.98. The molecular formula is C33H39ClN2O5S. The van der Waals surface area contributed by atoms with Gasteiger partial charge in [-0.25, -0.2) is 13.1 Å². The summed E-state index contributed by atoms with van der Waals surface area (Å²) >= 11 is 6.41. The van der Waals surface area contributed by atoms with Gasteiger partial charge in [0.2, 0.25) is 10.0 Å². The van der Waals surface area contributed by atoms with Crippen molar-refractivity contribution < 1.29 is 22.7 Å². The Morgan fingerprint density at radius 3 is 2.76 bits per heavy atom. The molecule has 1 spiro atoms. The molecular weight excluding hydrogens is 572 g/mol. The van der Waals surface area contributed by atoms with E-state index in [1.54, 1.807) is 6.07 Å².